The van der Waals surface area contributed by atoms with Gasteiger partial charge >= 0.3 is 0 Å². The van der Waals surface area contributed by atoms with E-state index in [1.165, 1.54) is 6.92 Å². The van der Waals surface area contributed by atoms with Gasteiger partial charge in [-0.2, -0.15) is 0 Å². The summed E-state index contributed by atoms with van der Waals surface area (Å²) in [6.07, 6.45) is 3.45. The summed E-state index contributed by atoms with van der Waals surface area (Å²) < 4.78 is 0. The highest BCUT2D eigenvalue weighted by atomic mass is 16.2. The summed E-state index contributed by atoms with van der Waals surface area (Å²) in [5, 5.41) is 2.72. The van der Waals surface area contributed by atoms with Crippen molar-refractivity contribution in [2.45, 2.75) is 20.8 Å². The van der Waals surface area contributed by atoms with Crippen molar-refractivity contribution in [2.75, 3.05) is 38.0 Å². The molecule has 1 aromatic rings. The third-order valence-corrected chi connectivity index (χ3v) is 3.96. The van der Waals surface area contributed by atoms with Gasteiger partial charge in [0, 0.05) is 51.4 Å². The number of piperazine rings is 1. The first kappa shape index (κ1) is 18.2. The second-order valence-electron chi connectivity index (χ2n) is 6.66. The van der Waals surface area contributed by atoms with E-state index in [-0.39, 0.29) is 11.8 Å². The highest BCUT2D eigenvalue weighted by molar-refractivity contribution is 5.92. The summed E-state index contributed by atoms with van der Waals surface area (Å²) in [6, 6.07) is 7.43. The lowest BCUT2D eigenvalue weighted by atomic mass is 10.1. The van der Waals surface area contributed by atoms with Crippen LogP contribution in [0.15, 0.2) is 30.3 Å². The maximum atomic E-state index is 12.3. The summed E-state index contributed by atoms with van der Waals surface area (Å²) in [5.74, 6) is 0.628. The second-order valence-corrected chi connectivity index (χ2v) is 6.66. The molecule has 5 heteroatoms. The van der Waals surface area contributed by atoms with Crippen molar-refractivity contribution in [3.05, 3.63) is 35.9 Å². The molecule has 2 rings (SSSR count). The van der Waals surface area contributed by atoms with Crippen LogP contribution in [-0.4, -0.2) is 54.3 Å². The minimum Gasteiger partial charge on any atom is -0.337 e. The molecule has 1 saturated heterocycles. The zero-order valence-electron chi connectivity index (χ0n) is 14.8. The molecule has 24 heavy (non-hydrogen) atoms. The third-order valence-electron chi connectivity index (χ3n) is 3.96. The Bertz CT molecular complexity index is 585. The summed E-state index contributed by atoms with van der Waals surface area (Å²) in [5.41, 5.74) is 1.70. The summed E-state index contributed by atoms with van der Waals surface area (Å²) >= 11 is 0. The predicted octanol–water partition coefficient (Wildman–Crippen LogP) is 2.46. The first-order chi connectivity index (χ1) is 11.4. The first-order valence-electron chi connectivity index (χ1n) is 8.51. The van der Waals surface area contributed by atoms with E-state index in [0.717, 1.165) is 44.0 Å². The maximum Gasteiger partial charge on any atom is 0.246 e. The zero-order valence-corrected chi connectivity index (χ0v) is 14.8. The largest absolute Gasteiger partial charge is 0.337 e. The molecule has 2 amide bonds. The fraction of sp³-hybridized carbons (Fsp3) is 0.474. The van der Waals surface area contributed by atoms with Crippen LogP contribution in [-0.2, 0) is 9.59 Å². The monoisotopic (exact) mass is 329 g/mol. The number of rotatable bonds is 5. The van der Waals surface area contributed by atoms with Crippen LogP contribution in [0.2, 0.25) is 0 Å². The molecule has 1 N–H and O–H groups in total. The van der Waals surface area contributed by atoms with Gasteiger partial charge in [0.1, 0.15) is 0 Å². The molecule has 0 radical (unpaired) electrons. The number of amides is 2. The molecule has 1 aromatic carbocycles. The Morgan fingerprint density at radius 2 is 1.75 bits per heavy atom. The number of carbonyl (C=O) groups is 2. The summed E-state index contributed by atoms with van der Waals surface area (Å²) in [6.45, 7) is 10.5. The van der Waals surface area contributed by atoms with Crippen molar-refractivity contribution in [2.24, 2.45) is 5.92 Å². The van der Waals surface area contributed by atoms with Crippen LogP contribution < -0.4 is 5.32 Å². The fourth-order valence-corrected chi connectivity index (χ4v) is 2.82. The van der Waals surface area contributed by atoms with Crippen molar-refractivity contribution in [3.8, 4) is 0 Å². The van der Waals surface area contributed by atoms with Crippen LogP contribution in [0.1, 0.15) is 26.3 Å². The molecule has 0 aliphatic carbocycles. The Hall–Kier alpha value is -2.14. The van der Waals surface area contributed by atoms with Crippen LogP contribution in [0, 0.1) is 5.92 Å². The molecule has 0 atom stereocenters. The van der Waals surface area contributed by atoms with Gasteiger partial charge in [0.25, 0.3) is 0 Å². The predicted molar refractivity (Wildman–Crippen MR) is 97.6 cm³/mol. The number of hydrogen-bond acceptors (Lipinski definition) is 3. The van der Waals surface area contributed by atoms with Crippen molar-refractivity contribution < 1.29 is 9.59 Å². The number of hydrogen-bond donors (Lipinski definition) is 1. The van der Waals surface area contributed by atoms with Gasteiger partial charge < -0.3 is 10.2 Å². The van der Waals surface area contributed by atoms with E-state index in [9.17, 15) is 9.59 Å². The number of nitrogens with zero attached hydrogens (tertiary/aromatic N) is 2. The molecule has 0 bridgehead atoms. The van der Waals surface area contributed by atoms with Gasteiger partial charge in [-0.25, -0.2) is 0 Å². The lowest BCUT2D eigenvalue weighted by Gasteiger charge is -2.35. The van der Waals surface area contributed by atoms with Gasteiger partial charge in [0.2, 0.25) is 11.8 Å². The lowest BCUT2D eigenvalue weighted by Crippen LogP contribution is -2.49. The SMILES string of the molecule is CC(=O)Nc1ccc(/C=C/C(=O)N2CCN(CC(C)C)CC2)cc1. The average Bonchev–Trinajstić information content (AvgIpc) is 2.53. The normalized spacial score (nSPS) is 15.9. The molecule has 0 unspecified atom stereocenters. The Labute approximate surface area is 144 Å². The topological polar surface area (TPSA) is 52.7 Å². The smallest absolute Gasteiger partial charge is 0.246 e. The van der Waals surface area contributed by atoms with Crippen molar-refractivity contribution >= 4 is 23.6 Å². The Kier molecular flexibility index (Phi) is 6.55. The van der Waals surface area contributed by atoms with Crippen LogP contribution in [0.5, 0.6) is 0 Å². The minimum atomic E-state index is -0.0925. The molecule has 1 heterocycles. The summed E-state index contributed by atoms with van der Waals surface area (Å²) in [4.78, 5) is 27.6. The van der Waals surface area contributed by atoms with E-state index in [0.29, 0.717) is 5.92 Å². The van der Waals surface area contributed by atoms with Crippen LogP contribution in [0.3, 0.4) is 0 Å². The molecular weight excluding hydrogens is 302 g/mol. The first-order valence-corrected chi connectivity index (χ1v) is 8.51. The third kappa shape index (κ3) is 5.81. The molecule has 1 fully saturated rings. The van der Waals surface area contributed by atoms with E-state index in [4.69, 9.17) is 0 Å². The standard InChI is InChI=1S/C19H27N3O2/c1-15(2)14-21-10-12-22(13-11-21)19(24)9-6-17-4-7-18(8-5-17)20-16(3)23/h4-9,15H,10-14H2,1-3H3,(H,20,23)/b9-6+. The van der Waals surface area contributed by atoms with E-state index in [2.05, 4.69) is 24.1 Å². The van der Waals surface area contributed by atoms with Crippen LogP contribution in [0.25, 0.3) is 6.08 Å². The maximum absolute atomic E-state index is 12.3. The zero-order chi connectivity index (χ0) is 17.5. The quantitative estimate of drug-likeness (QED) is 0.844. The van der Waals surface area contributed by atoms with Gasteiger partial charge in [-0.05, 0) is 29.7 Å². The molecular formula is C19H27N3O2. The molecule has 1 aliphatic rings. The number of benzene rings is 1. The van der Waals surface area contributed by atoms with Gasteiger partial charge in [0.05, 0.1) is 0 Å². The highest BCUT2D eigenvalue weighted by Gasteiger charge is 2.19. The molecule has 0 saturated carbocycles. The number of carbonyl (C=O) groups excluding carboxylic acids is 2. The summed E-state index contributed by atoms with van der Waals surface area (Å²) in [7, 11) is 0. The van der Waals surface area contributed by atoms with E-state index >= 15 is 0 Å². The van der Waals surface area contributed by atoms with Gasteiger partial charge in [-0.15, -0.1) is 0 Å². The highest BCUT2D eigenvalue weighted by Crippen LogP contribution is 2.11. The van der Waals surface area contributed by atoms with Crippen molar-refractivity contribution in [1.82, 2.24) is 9.80 Å². The van der Waals surface area contributed by atoms with Crippen molar-refractivity contribution in [1.29, 1.82) is 0 Å². The number of anilines is 1. The van der Waals surface area contributed by atoms with Gasteiger partial charge in [0.15, 0.2) is 0 Å². The Balaban J connectivity index is 1.84. The minimum absolute atomic E-state index is 0.0603. The molecule has 1 aliphatic heterocycles. The molecule has 0 aromatic heterocycles. The molecule has 5 nitrogen and oxygen atoms in total. The van der Waals surface area contributed by atoms with E-state index < -0.39 is 0 Å². The van der Waals surface area contributed by atoms with Crippen molar-refractivity contribution in [3.63, 3.8) is 0 Å². The van der Waals surface area contributed by atoms with Gasteiger partial charge in [-0.1, -0.05) is 26.0 Å². The fourth-order valence-electron chi connectivity index (χ4n) is 2.82. The van der Waals surface area contributed by atoms with Crippen LogP contribution in [0.4, 0.5) is 5.69 Å². The Morgan fingerprint density at radius 3 is 2.29 bits per heavy atom. The second kappa shape index (κ2) is 8.64. The van der Waals surface area contributed by atoms with E-state index in [1.54, 1.807) is 6.08 Å². The Morgan fingerprint density at radius 1 is 1.12 bits per heavy atom. The average molecular weight is 329 g/mol. The lowest BCUT2D eigenvalue weighted by molar-refractivity contribution is -0.127. The molecule has 130 valence electrons. The van der Waals surface area contributed by atoms with Gasteiger partial charge in [-0.3, -0.25) is 14.5 Å². The molecule has 0 spiro atoms. The number of nitrogens with one attached hydrogen (secondary N) is 1. The van der Waals surface area contributed by atoms with E-state index in [1.807, 2.05) is 35.2 Å². The van der Waals surface area contributed by atoms with Crippen LogP contribution >= 0.6 is 0 Å².